The van der Waals surface area contributed by atoms with E-state index in [0.717, 1.165) is 0 Å². The third kappa shape index (κ3) is 1.36. The van der Waals surface area contributed by atoms with Crippen molar-refractivity contribution in [1.82, 2.24) is 9.78 Å². The molecule has 0 fully saturated rings. The Bertz CT molecular complexity index is 228. The molecule has 0 unspecified atom stereocenters. The molecule has 10 heavy (non-hydrogen) atoms. The molecule has 1 heterocycles. The van der Waals surface area contributed by atoms with Gasteiger partial charge in [0.25, 0.3) is 0 Å². The molecule has 0 aromatic carbocycles. The fraction of sp³-hybridized carbons (Fsp3) is 0.571. The molecule has 0 saturated heterocycles. The van der Waals surface area contributed by atoms with E-state index in [1.165, 1.54) is 9.31 Å². The molecule has 0 amide bonds. The van der Waals surface area contributed by atoms with Crippen LogP contribution in [-0.2, 0) is 0 Å². The van der Waals surface area contributed by atoms with E-state index in [-0.39, 0.29) is 0 Å². The zero-order chi connectivity index (χ0) is 7.72. The van der Waals surface area contributed by atoms with Crippen LogP contribution in [0.2, 0.25) is 0 Å². The second-order valence-electron chi connectivity index (χ2n) is 2.67. The van der Waals surface area contributed by atoms with Crippen molar-refractivity contribution < 1.29 is 0 Å². The van der Waals surface area contributed by atoms with Crippen LogP contribution in [0.1, 0.15) is 25.5 Å². The van der Waals surface area contributed by atoms with E-state index in [9.17, 15) is 0 Å². The summed E-state index contributed by atoms with van der Waals surface area (Å²) in [6, 6.07) is 0.483. The number of hydrogen-bond donors (Lipinski definition) is 0. The van der Waals surface area contributed by atoms with Gasteiger partial charge in [-0.2, -0.15) is 0 Å². The molecule has 3 heteroatoms. The van der Waals surface area contributed by atoms with Crippen LogP contribution in [0.4, 0.5) is 0 Å². The van der Waals surface area contributed by atoms with Crippen LogP contribution in [0.5, 0.6) is 0 Å². The number of aryl methyl sites for hydroxylation is 1. The van der Waals surface area contributed by atoms with Gasteiger partial charge in [-0.15, -0.1) is 0 Å². The summed E-state index contributed by atoms with van der Waals surface area (Å²) >= 11 is 2.03. The summed E-state index contributed by atoms with van der Waals surface area (Å²) in [4.78, 5) is 0. The second kappa shape index (κ2) is 2.94. The first-order chi connectivity index (χ1) is 4.63. The minimum atomic E-state index is 0.483. The van der Waals surface area contributed by atoms with Gasteiger partial charge in [-0.25, -0.2) is 0 Å². The molecule has 0 aliphatic rings. The van der Waals surface area contributed by atoms with Crippen molar-refractivity contribution >= 4 is 26.0 Å². The zero-order valence-electron chi connectivity index (χ0n) is 6.46. The maximum absolute atomic E-state index is 4.23. The van der Waals surface area contributed by atoms with Gasteiger partial charge in [-0.05, 0) is 0 Å². The van der Waals surface area contributed by atoms with Crippen LogP contribution in [0.3, 0.4) is 0 Å². The molecule has 1 aromatic heterocycles. The van der Waals surface area contributed by atoms with Crippen LogP contribution >= 0.6 is 0 Å². The van der Waals surface area contributed by atoms with Gasteiger partial charge in [0.2, 0.25) is 0 Å². The van der Waals surface area contributed by atoms with Gasteiger partial charge in [0.15, 0.2) is 0 Å². The molecule has 0 spiro atoms. The van der Waals surface area contributed by atoms with E-state index in [1.807, 2.05) is 33.2 Å². The van der Waals surface area contributed by atoms with Crippen LogP contribution in [0.25, 0.3) is 0 Å². The van der Waals surface area contributed by atoms with E-state index in [0.29, 0.717) is 6.04 Å². The monoisotopic (exact) mass is 253 g/mol. The molecule has 0 saturated carbocycles. The quantitative estimate of drug-likeness (QED) is 0.667. The molecule has 1 aromatic rings. The van der Waals surface area contributed by atoms with E-state index >= 15 is 0 Å². The van der Waals surface area contributed by atoms with E-state index in [2.05, 4.69) is 25.9 Å². The van der Waals surface area contributed by atoms with Crippen molar-refractivity contribution in [1.29, 1.82) is 0 Å². The normalized spacial score (nSPS) is 10.8. The molecular weight excluding hydrogens is 240 g/mol. The molecule has 2 nitrogen and oxygen atoms in total. The third-order valence-corrected chi connectivity index (χ3v) is 2.86. The van der Waals surface area contributed by atoms with Gasteiger partial charge < -0.3 is 0 Å². The molecule has 0 N–H and O–H groups in total. The zero-order valence-corrected chi connectivity index (χ0v) is 8.79. The Balaban J connectivity index is 3.05. The first-order valence-corrected chi connectivity index (χ1v) is 4.50. The van der Waals surface area contributed by atoms with Crippen LogP contribution < -0.4 is 3.74 Å². The standard InChI is InChI=1S/C7H11N2Te/c1-5(2)9-7(10)6(3)4-8-9/h4-5H,1-3H3. The summed E-state index contributed by atoms with van der Waals surface area (Å²) in [5.41, 5.74) is 1.28. The summed E-state index contributed by atoms with van der Waals surface area (Å²) in [5, 5.41) is 4.23. The van der Waals surface area contributed by atoms with E-state index in [1.54, 1.807) is 0 Å². The summed E-state index contributed by atoms with van der Waals surface area (Å²) in [6.45, 7) is 6.37. The van der Waals surface area contributed by atoms with Crippen LogP contribution in [0.15, 0.2) is 6.20 Å². The minimum absolute atomic E-state index is 0.483. The average Bonchev–Trinajstić information content (AvgIpc) is 2.14. The van der Waals surface area contributed by atoms with Gasteiger partial charge in [0, 0.05) is 0 Å². The van der Waals surface area contributed by atoms with Gasteiger partial charge >= 0.3 is 74.4 Å². The van der Waals surface area contributed by atoms with Gasteiger partial charge in [0.05, 0.1) is 0 Å². The average molecular weight is 251 g/mol. The van der Waals surface area contributed by atoms with Gasteiger partial charge in [-0.3, -0.25) is 0 Å². The van der Waals surface area contributed by atoms with E-state index < -0.39 is 0 Å². The SMILES string of the molecule is Cc1cnn(C(C)C)c1[Te]. The van der Waals surface area contributed by atoms with Crippen molar-refractivity contribution in [2.24, 2.45) is 0 Å². The molecule has 1 radical (unpaired) electrons. The molecule has 0 bridgehead atoms. The Kier molecular flexibility index (Phi) is 2.38. The molecule has 1 rings (SSSR count). The summed E-state index contributed by atoms with van der Waals surface area (Å²) in [5.74, 6) is 0. The Hall–Kier alpha value is -0.000390. The first-order valence-electron chi connectivity index (χ1n) is 3.34. The maximum atomic E-state index is 4.23. The van der Waals surface area contributed by atoms with Crippen molar-refractivity contribution in [3.8, 4) is 0 Å². The molecule has 0 aliphatic heterocycles. The number of nitrogens with zero attached hydrogens (tertiary/aromatic N) is 2. The number of rotatable bonds is 1. The van der Waals surface area contributed by atoms with E-state index in [4.69, 9.17) is 0 Å². The van der Waals surface area contributed by atoms with Crippen LogP contribution in [-0.4, -0.2) is 32.1 Å². The summed E-state index contributed by atoms with van der Waals surface area (Å²) in [6.07, 6.45) is 1.91. The Morgan fingerprint density at radius 3 is 2.40 bits per heavy atom. The first kappa shape index (κ1) is 8.10. The molecule has 0 atom stereocenters. The van der Waals surface area contributed by atoms with Gasteiger partial charge in [0.1, 0.15) is 0 Å². The molecule has 55 valence electrons. The Labute approximate surface area is 74.5 Å². The fourth-order valence-electron chi connectivity index (χ4n) is 0.805. The fourth-order valence-corrected chi connectivity index (χ4v) is 1.69. The van der Waals surface area contributed by atoms with Gasteiger partial charge in [-0.1, -0.05) is 0 Å². The Morgan fingerprint density at radius 1 is 1.60 bits per heavy atom. The van der Waals surface area contributed by atoms with Crippen molar-refractivity contribution in [3.05, 3.63) is 11.8 Å². The predicted molar refractivity (Wildman–Crippen MR) is 42.7 cm³/mol. The van der Waals surface area contributed by atoms with Crippen molar-refractivity contribution in [2.75, 3.05) is 0 Å². The second-order valence-corrected chi connectivity index (χ2v) is 3.77. The summed E-state index contributed by atoms with van der Waals surface area (Å²) in [7, 11) is 0. The molecular formula is C7H11N2Te. The van der Waals surface area contributed by atoms with Crippen molar-refractivity contribution in [2.45, 2.75) is 26.8 Å². The summed E-state index contributed by atoms with van der Waals surface area (Å²) < 4.78 is 3.32. The third-order valence-electron chi connectivity index (χ3n) is 1.41. The predicted octanol–water partition coefficient (Wildman–Crippen LogP) is 0.566. The van der Waals surface area contributed by atoms with Crippen LogP contribution in [0, 0.1) is 6.92 Å². The number of hydrogen-bond acceptors (Lipinski definition) is 1. The van der Waals surface area contributed by atoms with Crippen molar-refractivity contribution in [3.63, 3.8) is 0 Å². The Morgan fingerprint density at radius 2 is 2.20 bits per heavy atom. The topological polar surface area (TPSA) is 17.8 Å². The number of aromatic nitrogens is 2. The molecule has 0 aliphatic carbocycles.